The maximum Gasteiger partial charge on any atom is 0.266 e. The Kier molecular flexibility index (Phi) is 7.93. The van der Waals surface area contributed by atoms with E-state index >= 15 is 0 Å². The van der Waals surface area contributed by atoms with Crippen molar-refractivity contribution in [1.29, 1.82) is 0 Å². The number of aryl methyl sites for hydroxylation is 1. The van der Waals surface area contributed by atoms with Crippen molar-refractivity contribution >= 4 is 51.9 Å². The number of nitrogens with zero attached hydrogens (tertiary/aromatic N) is 4. The smallest absolute Gasteiger partial charge is 0.266 e. The van der Waals surface area contributed by atoms with E-state index in [1.807, 2.05) is 11.1 Å². The first-order valence-electron chi connectivity index (χ1n) is 12.7. The van der Waals surface area contributed by atoms with Crippen LogP contribution in [-0.2, 0) is 0 Å². The van der Waals surface area contributed by atoms with Crippen LogP contribution >= 0.6 is 23.2 Å². The third-order valence-corrected chi connectivity index (χ3v) is 7.59. The number of aliphatic imine (C=N–C) groups is 1. The summed E-state index contributed by atoms with van der Waals surface area (Å²) in [6.07, 6.45) is 3.68. The number of carbonyl (C=O) groups is 1. The Balaban J connectivity index is 0.00000337. The Morgan fingerprint density at radius 2 is 1.85 bits per heavy atom. The van der Waals surface area contributed by atoms with E-state index in [0.717, 1.165) is 12.8 Å². The van der Waals surface area contributed by atoms with E-state index in [1.165, 1.54) is 11.7 Å². The summed E-state index contributed by atoms with van der Waals surface area (Å²) in [5.41, 5.74) is 1.69. The third-order valence-electron chi connectivity index (χ3n) is 7.06. The summed E-state index contributed by atoms with van der Waals surface area (Å²) >= 11 is 12.4. The highest BCUT2D eigenvalue weighted by Crippen LogP contribution is 2.38. The quantitative estimate of drug-likeness (QED) is 0.240. The number of hydrogen-bond acceptors (Lipinski definition) is 7. The molecule has 1 fully saturated rings. The van der Waals surface area contributed by atoms with Crippen LogP contribution in [-0.4, -0.2) is 53.1 Å². The lowest BCUT2D eigenvalue weighted by Gasteiger charge is -2.20. The Hall–Kier alpha value is -4.08. The van der Waals surface area contributed by atoms with Gasteiger partial charge < -0.3 is 19.1 Å². The molecule has 2 aliphatic rings. The minimum Gasteiger partial charge on any atom is -0.493 e. The first-order valence-corrected chi connectivity index (χ1v) is 13.4. The largest absolute Gasteiger partial charge is 0.493 e. The zero-order chi connectivity index (χ0) is 28.0. The lowest BCUT2D eigenvalue weighted by molar-refractivity contribution is 0.0774. The van der Waals surface area contributed by atoms with E-state index < -0.39 is 0 Å². The SMILES string of the molecule is C.COc1cc2c(cc1OCOc1ccc3nc(C)n(-c4ccc(Cl)cc4Cl)c(=O)c3c1)N=CC1CCCN1C2=O. The van der Waals surface area contributed by atoms with Crippen LogP contribution in [0.5, 0.6) is 17.2 Å². The number of hydrogen-bond donors (Lipinski definition) is 0. The van der Waals surface area contributed by atoms with Crippen molar-refractivity contribution in [3.8, 4) is 22.9 Å². The maximum absolute atomic E-state index is 13.5. The minimum absolute atomic E-state index is 0. The van der Waals surface area contributed by atoms with Crippen LogP contribution in [0.15, 0.2) is 58.3 Å². The van der Waals surface area contributed by atoms with E-state index in [9.17, 15) is 9.59 Å². The van der Waals surface area contributed by atoms with Crippen LogP contribution in [0, 0.1) is 6.92 Å². The molecule has 0 aliphatic carbocycles. The Labute approximate surface area is 246 Å². The molecule has 0 bridgehead atoms. The predicted octanol–water partition coefficient (Wildman–Crippen LogP) is 6.38. The van der Waals surface area contributed by atoms with Crippen LogP contribution in [0.25, 0.3) is 16.6 Å². The molecular formula is C30H28Cl2N4O5. The molecule has 4 aromatic rings. The maximum atomic E-state index is 13.5. The third kappa shape index (κ3) is 5.23. The molecule has 1 unspecified atom stereocenters. The lowest BCUT2D eigenvalue weighted by Crippen LogP contribution is -2.35. The summed E-state index contributed by atoms with van der Waals surface area (Å²) in [5, 5.41) is 1.15. The standard InChI is InChI=1S/C29H24Cl2N4O5.CH4/c1-16-33-23-7-6-19(11-20(23)29(37)35(16)25-8-5-17(30)10-22(25)31)39-15-40-27-13-24-21(12-26(27)38-2)28(36)34-9-3-4-18(34)14-32-24;/h5-8,10-14,18H,3-4,9,15H2,1-2H3;1H4. The van der Waals surface area contributed by atoms with Crippen LogP contribution in [0.3, 0.4) is 0 Å². The molecule has 0 N–H and O–H groups in total. The summed E-state index contributed by atoms with van der Waals surface area (Å²) < 4.78 is 18.6. The molecule has 3 heterocycles. The molecule has 1 atom stereocenters. The molecule has 3 aromatic carbocycles. The first kappa shape index (κ1) is 28.4. The van der Waals surface area contributed by atoms with Crippen LogP contribution in [0.1, 0.15) is 36.5 Å². The summed E-state index contributed by atoms with van der Waals surface area (Å²) in [5.74, 6) is 1.60. The molecule has 6 rings (SSSR count). The van der Waals surface area contributed by atoms with Gasteiger partial charge >= 0.3 is 0 Å². The molecular weight excluding hydrogens is 567 g/mol. The van der Waals surface area contributed by atoms with Crippen LogP contribution in [0.2, 0.25) is 10.0 Å². The van der Waals surface area contributed by atoms with Gasteiger partial charge in [-0.2, -0.15) is 0 Å². The van der Waals surface area contributed by atoms with Crippen molar-refractivity contribution in [2.45, 2.75) is 33.2 Å². The normalized spacial score (nSPS) is 15.7. The second-order valence-electron chi connectivity index (χ2n) is 9.49. The second-order valence-corrected chi connectivity index (χ2v) is 10.3. The number of carbonyl (C=O) groups excluding carboxylic acids is 1. The van der Waals surface area contributed by atoms with E-state index in [4.69, 9.17) is 37.4 Å². The molecule has 1 amide bonds. The van der Waals surface area contributed by atoms with Gasteiger partial charge in [0.2, 0.25) is 6.79 Å². The monoisotopic (exact) mass is 594 g/mol. The molecule has 1 aromatic heterocycles. The van der Waals surface area contributed by atoms with Gasteiger partial charge in [0.1, 0.15) is 11.6 Å². The Morgan fingerprint density at radius 1 is 1.02 bits per heavy atom. The fraction of sp³-hybridized carbons (Fsp3) is 0.267. The molecule has 1 saturated heterocycles. The average Bonchev–Trinajstić information content (AvgIpc) is 3.37. The Morgan fingerprint density at radius 3 is 2.63 bits per heavy atom. The summed E-state index contributed by atoms with van der Waals surface area (Å²) in [7, 11) is 1.51. The van der Waals surface area contributed by atoms with E-state index in [2.05, 4.69) is 9.98 Å². The highest BCUT2D eigenvalue weighted by atomic mass is 35.5. The molecule has 0 saturated carbocycles. The minimum atomic E-state index is -0.298. The van der Waals surface area contributed by atoms with Crippen molar-refractivity contribution in [1.82, 2.24) is 14.5 Å². The van der Waals surface area contributed by atoms with E-state index in [-0.39, 0.29) is 31.7 Å². The van der Waals surface area contributed by atoms with Crippen LogP contribution in [0.4, 0.5) is 5.69 Å². The average molecular weight is 595 g/mol. The number of amides is 1. The Bertz CT molecular complexity index is 1750. The molecule has 2 aliphatic heterocycles. The molecule has 11 heteroatoms. The fourth-order valence-corrected chi connectivity index (χ4v) is 5.59. The molecule has 0 spiro atoms. The highest BCUT2D eigenvalue weighted by Gasteiger charge is 2.32. The van der Waals surface area contributed by atoms with Crippen LogP contribution < -0.4 is 19.8 Å². The highest BCUT2D eigenvalue weighted by molar-refractivity contribution is 6.35. The number of fused-ring (bicyclic) bond motifs is 3. The van der Waals surface area contributed by atoms with Gasteiger partial charge in [-0.25, -0.2) is 4.98 Å². The van der Waals surface area contributed by atoms with Gasteiger partial charge in [-0.1, -0.05) is 30.6 Å². The number of halogens is 2. The number of rotatable bonds is 6. The van der Waals surface area contributed by atoms with E-state index in [1.54, 1.807) is 55.5 Å². The van der Waals surface area contributed by atoms with Gasteiger partial charge in [-0.15, -0.1) is 0 Å². The topological polar surface area (TPSA) is 95.2 Å². The number of benzene rings is 3. The summed E-state index contributed by atoms with van der Waals surface area (Å²) in [6, 6.07) is 13.3. The van der Waals surface area contributed by atoms with E-state index in [0.29, 0.717) is 67.5 Å². The molecule has 9 nitrogen and oxygen atoms in total. The second kappa shape index (κ2) is 11.4. The number of aromatic nitrogens is 2. The van der Waals surface area contributed by atoms with Gasteiger partial charge in [-0.3, -0.25) is 19.1 Å². The summed E-state index contributed by atoms with van der Waals surface area (Å²) in [4.78, 5) is 37.5. The molecule has 41 heavy (non-hydrogen) atoms. The van der Waals surface area contributed by atoms with Gasteiger partial charge in [0.25, 0.3) is 11.5 Å². The van der Waals surface area contributed by atoms with Gasteiger partial charge in [0, 0.05) is 23.8 Å². The van der Waals surface area contributed by atoms with Crippen molar-refractivity contribution < 1.29 is 19.0 Å². The van der Waals surface area contributed by atoms with Gasteiger partial charge in [-0.05, 0) is 62.2 Å². The zero-order valence-corrected chi connectivity index (χ0v) is 23.2. The van der Waals surface area contributed by atoms with Crippen molar-refractivity contribution in [3.63, 3.8) is 0 Å². The lowest BCUT2D eigenvalue weighted by atomic mass is 10.1. The van der Waals surface area contributed by atoms with Crippen molar-refractivity contribution in [3.05, 3.63) is 80.3 Å². The van der Waals surface area contributed by atoms with Gasteiger partial charge in [0.15, 0.2) is 11.5 Å². The molecule has 212 valence electrons. The van der Waals surface area contributed by atoms with Crippen molar-refractivity contribution in [2.75, 3.05) is 20.4 Å². The predicted molar refractivity (Wildman–Crippen MR) is 160 cm³/mol. The number of methoxy groups -OCH3 is 1. The molecule has 0 radical (unpaired) electrons. The summed E-state index contributed by atoms with van der Waals surface area (Å²) in [6.45, 7) is 2.27. The van der Waals surface area contributed by atoms with Gasteiger partial charge in [0.05, 0.1) is 46.0 Å². The van der Waals surface area contributed by atoms with Crippen molar-refractivity contribution in [2.24, 2.45) is 4.99 Å². The first-order chi connectivity index (χ1) is 19.3. The number of ether oxygens (including phenoxy) is 3. The fourth-order valence-electron chi connectivity index (χ4n) is 5.09. The zero-order valence-electron chi connectivity index (χ0n) is 21.7.